The van der Waals surface area contributed by atoms with Gasteiger partial charge in [-0.05, 0) is 23.3 Å². The van der Waals surface area contributed by atoms with Gasteiger partial charge in [-0.1, -0.05) is 72.8 Å². The van der Waals surface area contributed by atoms with Crippen LogP contribution >= 0.6 is 0 Å². The lowest BCUT2D eigenvalue weighted by Crippen LogP contribution is -2.36. The van der Waals surface area contributed by atoms with Crippen LogP contribution in [0.1, 0.15) is 22.4 Å². The van der Waals surface area contributed by atoms with Gasteiger partial charge in [-0.2, -0.15) is 0 Å². The highest BCUT2D eigenvalue weighted by atomic mass is 16.1. The van der Waals surface area contributed by atoms with Gasteiger partial charge in [0.25, 0.3) is 0 Å². The maximum Gasteiger partial charge on any atom is 0.194 e. The van der Waals surface area contributed by atoms with Crippen LogP contribution in [0, 0.1) is 0 Å². The Bertz CT molecular complexity index is 1200. The summed E-state index contributed by atoms with van der Waals surface area (Å²) in [6.45, 7) is 3.35. The third-order valence-corrected chi connectivity index (χ3v) is 5.87. The fourth-order valence-corrected chi connectivity index (χ4v) is 4.44. The first kappa shape index (κ1) is 17.9. The van der Waals surface area contributed by atoms with Crippen LogP contribution in [0.15, 0.2) is 89.7 Å². The van der Waals surface area contributed by atoms with E-state index in [0.29, 0.717) is 6.54 Å². The summed E-state index contributed by atoms with van der Waals surface area (Å²) in [5, 5.41) is 0.823. The first-order chi connectivity index (χ1) is 14.3. The van der Waals surface area contributed by atoms with E-state index in [9.17, 15) is 4.79 Å². The zero-order chi connectivity index (χ0) is 19.6. The Morgan fingerprint density at radius 1 is 0.724 bits per heavy atom. The molecule has 0 fully saturated rings. The minimum Gasteiger partial charge on any atom is -0.340 e. The molecule has 3 aromatic carbocycles. The molecule has 1 aromatic heterocycles. The van der Waals surface area contributed by atoms with Crippen molar-refractivity contribution < 1.29 is 0 Å². The maximum absolute atomic E-state index is 13.3. The quantitative estimate of drug-likeness (QED) is 0.517. The predicted octanol–water partition coefficient (Wildman–Crippen LogP) is 4.61. The number of nitrogens with zero attached hydrogens (tertiary/aromatic N) is 2. The highest BCUT2D eigenvalue weighted by Crippen LogP contribution is 2.24. The Labute approximate surface area is 170 Å². The Morgan fingerprint density at radius 3 is 2.07 bits per heavy atom. The van der Waals surface area contributed by atoms with Crippen molar-refractivity contribution in [1.82, 2.24) is 9.47 Å². The number of para-hydroxylation sites is 1. The van der Waals surface area contributed by atoms with Crippen molar-refractivity contribution in [3.63, 3.8) is 0 Å². The summed E-state index contributed by atoms with van der Waals surface area (Å²) in [6, 6.07) is 29.1. The van der Waals surface area contributed by atoms with Gasteiger partial charge in [-0.15, -0.1) is 0 Å². The average molecular weight is 380 g/mol. The summed E-state index contributed by atoms with van der Waals surface area (Å²) in [4.78, 5) is 15.7. The monoisotopic (exact) mass is 380 g/mol. The van der Waals surface area contributed by atoms with Crippen LogP contribution in [0.3, 0.4) is 0 Å². The van der Waals surface area contributed by atoms with Crippen molar-refractivity contribution in [2.24, 2.45) is 0 Å². The van der Waals surface area contributed by atoms with Crippen LogP contribution in [0.25, 0.3) is 10.9 Å². The molecule has 0 aliphatic carbocycles. The molecule has 0 bridgehead atoms. The van der Waals surface area contributed by atoms with Gasteiger partial charge in [0.2, 0.25) is 0 Å². The number of fused-ring (bicyclic) bond motifs is 2. The first-order valence-corrected chi connectivity index (χ1v) is 10.2. The smallest absolute Gasteiger partial charge is 0.194 e. The summed E-state index contributed by atoms with van der Waals surface area (Å²) < 4.78 is 2.36. The van der Waals surface area contributed by atoms with Crippen molar-refractivity contribution in [1.29, 1.82) is 0 Å². The molecule has 2 heterocycles. The maximum atomic E-state index is 13.3. The van der Waals surface area contributed by atoms with Crippen LogP contribution in [0.4, 0.5) is 0 Å². The summed E-state index contributed by atoms with van der Waals surface area (Å²) >= 11 is 0. The van der Waals surface area contributed by atoms with Crippen molar-refractivity contribution in [3.8, 4) is 0 Å². The van der Waals surface area contributed by atoms with E-state index in [4.69, 9.17) is 0 Å². The van der Waals surface area contributed by atoms with Gasteiger partial charge in [-0.25, -0.2) is 0 Å². The normalized spacial score (nSPS) is 14.1. The van der Waals surface area contributed by atoms with E-state index in [1.807, 2.05) is 30.3 Å². The molecular formula is C26H24N2O. The SMILES string of the molecule is O=c1c2c(n(Cc3ccccc3)c3ccccc13)CCN(Cc1ccccc1)C2. The fraction of sp³-hybridized carbons (Fsp3) is 0.192. The van der Waals surface area contributed by atoms with Gasteiger partial charge in [-0.3, -0.25) is 9.69 Å². The Kier molecular flexibility index (Phi) is 4.74. The number of hydrogen-bond acceptors (Lipinski definition) is 2. The molecule has 0 atom stereocenters. The minimum absolute atomic E-state index is 0.192. The molecule has 1 aliphatic rings. The second-order valence-corrected chi connectivity index (χ2v) is 7.79. The molecule has 3 heteroatoms. The number of aromatic nitrogens is 1. The topological polar surface area (TPSA) is 25.2 Å². The van der Waals surface area contributed by atoms with E-state index in [1.54, 1.807) is 0 Å². The third-order valence-electron chi connectivity index (χ3n) is 5.87. The molecule has 4 aromatic rings. The van der Waals surface area contributed by atoms with Crippen LogP contribution in [-0.4, -0.2) is 16.0 Å². The zero-order valence-electron chi connectivity index (χ0n) is 16.4. The Morgan fingerprint density at radius 2 is 1.34 bits per heavy atom. The largest absolute Gasteiger partial charge is 0.340 e. The average Bonchev–Trinajstić information content (AvgIpc) is 2.78. The molecule has 0 N–H and O–H groups in total. The molecule has 0 radical (unpaired) electrons. The van der Waals surface area contributed by atoms with E-state index >= 15 is 0 Å². The fourth-order valence-electron chi connectivity index (χ4n) is 4.44. The molecule has 144 valence electrons. The molecule has 3 nitrogen and oxygen atoms in total. The minimum atomic E-state index is 0.192. The van der Waals surface area contributed by atoms with E-state index in [1.165, 1.54) is 16.8 Å². The first-order valence-electron chi connectivity index (χ1n) is 10.2. The highest BCUT2D eigenvalue weighted by molar-refractivity contribution is 5.80. The van der Waals surface area contributed by atoms with Crippen LogP contribution in [0.5, 0.6) is 0 Å². The van der Waals surface area contributed by atoms with Crippen molar-refractivity contribution in [3.05, 3.63) is 118 Å². The van der Waals surface area contributed by atoms with Gasteiger partial charge >= 0.3 is 0 Å². The molecule has 0 amide bonds. The lowest BCUT2D eigenvalue weighted by atomic mass is 10.00. The summed E-state index contributed by atoms with van der Waals surface area (Å²) in [7, 11) is 0. The number of benzene rings is 3. The standard InChI is InChI=1S/C26H24N2O/c29-26-22-13-7-8-14-24(22)28(18-21-11-5-2-6-12-21)25-15-16-27(19-23(25)26)17-20-9-3-1-4-10-20/h1-14H,15-19H2. The molecule has 1 aliphatic heterocycles. The Hall–Kier alpha value is -3.17. The number of hydrogen-bond donors (Lipinski definition) is 0. The molecular weight excluding hydrogens is 356 g/mol. The van der Waals surface area contributed by atoms with Crippen molar-refractivity contribution >= 4 is 10.9 Å². The van der Waals surface area contributed by atoms with Gasteiger partial charge in [0.05, 0.1) is 5.52 Å². The van der Waals surface area contributed by atoms with E-state index in [2.05, 4.69) is 64.1 Å². The predicted molar refractivity (Wildman–Crippen MR) is 118 cm³/mol. The van der Waals surface area contributed by atoms with Crippen molar-refractivity contribution in [2.75, 3.05) is 6.54 Å². The lowest BCUT2D eigenvalue weighted by Gasteiger charge is -2.31. The molecule has 0 spiro atoms. The second kappa shape index (κ2) is 7.69. The third kappa shape index (κ3) is 3.50. The van der Waals surface area contributed by atoms with Gasteiger partial charge in [0.15, 0.2) is 5.43 Å². The number of pyridine rings is 1. The molecule has 29 heavy (non-hydrogen) atoms. The summed E-state index contributed by atoms with van der Waals surface area (Å²) in [5.74, 6) is 0. The summed E-state index contributed by atoms with van der Waals surface area (Å²) in [5.41, 5.74) is 5.94. The molecule has 5 rings (SSSR count). The van der Waals surface area contributed by atoms with Gasteiger partial charge < -0.3 is 4.57 Å². The lowest BCUT2D eigenvalue weighted by molar-refractivity contribution is 0.240. The van der Waals surface area contributed by atoms with Crippen molar-refractivity contribution in [2.45, 2.75) is 26.1 Å². The molecule has 0 saturated heterocycles. The number of rotatable bonds is 4. The molecule has 0 saturated carbocycles. The van der Waals surface area contributed by atoms with E-state index in [-0.39, 0.29) is 5.43 Å². The van der Waals surface area contributed by atoms with Gasteiger partial charge in [0.1, 0.15) is 0 Å². The highest BCUT2D eigenvalue weighted by Gasteiger charge is 2.23. The van der Waals surface area contributed by atoms with E-state index < -0.39 is 0 Å². The van der Waals surface area contributed by atoms with Crippen LogP contribution in [-0.2, 0) is 26.1 Å². The van der Waals surface area contributed by atoms with Crippen LogP contribution in [0.2, 0.25) is 0 Å². The van der Waals surface area contributed by atoms with Gasteiger partial charge in [0, 0.05) is 49.2 Å². The molecule has 0 unspecified atom stereocenters. The summed E-state index contributed by atoms with van der Waals surface area (Å²) in [6.07, 6.45) is 0.898. The van der Waals surface area contributed by atoms with Crippen LogP contribution < -0.4 is 5.43 Å². The zero-order valence-corrected chi connectivity index (χ0v) is 16.4. The Balaban J connectivity index is 1.58. The second-order valence-electron chi connectivity index (χ2n) is 7.79. The van der Waals surface area contributed by atoms with E-state index in [0.717, 1.165) is 42.5 Å².